The predicted molar refractivity (Wildman–Crippen MR) is 133 cm³/mol. The second-order valence-corrected chi connectivity index (χ2v) is 7.84. The third-order valence-electron chi connectivity index (χ3n) is 5.44. The number of carbonyl (C=O) groups excluding carboxylic acids is 2. The van der Waals surface area contributed by atoms with Crippen molar-refractivity contribution in [3.05, 3.63) is 83.9 Å². The summed E-state index contributed by atoms with van der Waals surface area (Å²) < 4.78 is 10.8. The monoisotopic (exact) mass is 455 g/mol. The zero-order valence-electron chi connectivity index (χ0n) is 19.5. The normalized spacial score (nSPS) is 10.6. The number of rotatable bonds is 6. The van der Waals surface area contributed by atoms with Crippen LogP contribution in [-0.4, -0.2) is 50.0 Å². The van der Waals surface area contributed by atoms with E-state index >= 15 is 0 Å². The molecule has 7 heteroatoms. The highest BCUT2D eigenvalue weighted by molar-refractivity contribution is 6.15. The molecule has 2 amide bonds. The SMILES string of the molecule is COc1cc(NC(=O)c2cc(-c3ccccc3)nc3ccccc23)c(C(=O)N(C)C)cc1OC. The molecular weight excluding hydrogens is 430 g/mol. The van der Waals surface area contributed by atoms with Crippen molar-refractivity contribution in [2.45, 2.75) is 0 Å². The molecule has 0 aliphatic carbocycles. The summed E-state index contributed by atoms with van der Waals surface area (Å²) >= 11 is 0. The fourth-order valence-corrected chi connectivity index (χ4v) is 3.71. The first-order valence-corrected chi connectivity index (χ1v) is 10.7. The average molecular weight is 456 g/mol. The molecular formula is C27H25N3O4. The molecule has 1 aromatic heterocycles. The molecule has 0 bridgehead atoms. The van der Waals surface area contributed by atoms with Crippen LogP contribution in [-0.2, 0) is 0 Å². The Bertz CT molecular complexity index is 1370. The lowest BCUT2D eigenvalue weighted by Crippen LogP contribution is -2.24. The van der Waals surface area contributed by atoms with Crippen molar-refractivity contribution in [2.75, 3.05) is 33.6 Å². The first-order valence-electron chi connectivity index (χ1n) is 10.7. The standard InChI is InChI=1S/C27H25N3O4/c1-30(2)27(32)20-15-24(33-3)25(34-4)16-23(20)29-26(31)19-14-22(17-10-6-5-7-11-17)28-21-13-9-8-12-18(19)21/h5-16H,1-4H3,(H,29,31). The van der Waals surface area contributed by atoms with Gasteiger partial charge in [0.15, 0.2) is 11.5 Å². The number of nitrogens with one attached hydrogen (secondary N) is 1. The molecule has 0 saturated carbocycles. The van der Waals surface area contributed by atoms with E-state index in [9.17, 15) is 9.59 Å². The largest absolute Gasteiger partial charge is 0.493 e. The van der Waals surface area contributed by atoms with E-state index in [4.69, 9.17) is 14.5 Å². The number of amides is 2. The zero-order chi connectivity index (χ0) is 24.2. The molecule has 0 aliphatic heterocycles. The number of nitrogens with zero attached hydrogens (tertiary/aromatic N) is 2. The second kappa shape index (κ2) is 9.62. The van der Waals surface area contributed by atoms with Crippen molar-refractivity contribution in [1.29, 1.82) is 0 Å². The Balaban J connectivity index is 1.83. The van der Waals surface area contributed by atoms with Crippen LogP contribution in [0.5, 0.6) is 11.5 Å². The maximum Gasteiger partial charge on any atom is 0.256 e. The van der Waals surface area contributed by atoms with Gasteiger partial charge in [0, 0.05) is 31.1 Å². The fourth-order valence-electron chi connectivity index (χ4n) is 3.71. The van der Waals surface area contributed by atoms with Crippen LogP contribution < -0.4 is 14.8 Å². The number of benzene rings is 3. The van der Waals surface area contributed by atoms with Crippen molar-refractivity contribution in [2.24, 2.45) is 0 Å². The summed E-state index contributed by atoms with van der Waals surface area (Å²) in [6.07, 6.45) is 0. The molecule has 172 valence electrons. The molecule has 0 fully saturated rings. The first-order chi connectivity index (χ1) is 16.4. The zero-order valence-corrected chi connectivity index (χ0v) is 19.5. The van der Waals surface area contributed by atoms with Gasteiger partial charge in [-0.2, -0.15) is 0 Å². The van der Waals surface area contributed by atoms with Crippen LogP contribution in [0.25, 0.3) is 22.2 Å². The summed E-state index contributed by atoms with van der Waals surface area (Å²) in [4.78, 5) is 32.6. The van der Waals surface area contributed by atoms with Gasteiger partial charge in [0.1, 0.15) is 0 Å². The number of methoxy groups -OCH3 is 2. The highest BCUT2D eigenvalue weighted by Gasteiger charge is 2.21. The van der Waals surface area contributed by atoms with E-state index in [2.05, 4.69) is 5.32 Å². The van der Waals surface area contributed by atoms with E-state index in [0.29, 0.717) is 39.3 Å². The third kappa shape index (κ3) is 4.41. The van der Waals surface area contributed by atoms with E-state index in [-0.39, 0.29) is 17.4 Å². The Morgan fingerprint density at radius 2 is 1.47 bits per heavy atom. The predicted octanol–water partition coefficient (Wildman–Crippen LogP) is 4.87. The number of hydrogen-bond acceptors (Lipinski definition) is 5. The van der Waals surface area contributed by atoms with Crippen LogP contribution in [0.1, 0.15) is 20.7 Å². The van der Waals surface area contributed by atoms with Gasteiger partial charge in [-0.25, -0.2) is 4.98 Å². The van der Waals surface area contributed by atoms with Crippen molar-refractivity contribution < 1.29 is 19.1 Å². The molecule has 1 heterocycles. The van der Waals surface area contributed by atoms with Crippen LogP contribution >= 0.6 is 0 Å². The number of carbonyl (C=O) groups is 2. The molecule has 7 nitrogen and oxygen atoms in total. The number of para-hydroxylation sites is 1. The van der Waals surface area contributed by atoms with Gasteiger partial charge in [0.25, 0.3) is 11.8 Å². The molecule has 0 spiro atoms. The van der Waals surface area contributed by atoms with Crippen LogP contribution in [0.3, 0.4) is 0 Å². The number of ether oxygens (including phenoxy) is 2. The Kier molecular flexibility index (Phi) is 6.45. The number of hydrogen-bond donors (Lipinski definition) is 1. The van der Waals surface area contributed by atoms with E-state index in [1.165, 1.54) is 19.1 Å². The van der Waals surface area contributed by atoms with Crippen molar-refractivity contribution in [3.63, 3.8) is 0 Å². The van der Waals surface area contributed by atoms with Gasteiger partial charge in [-0.1, -0.05) is 48.5 Å². The van der Waals surface area contributed by atoms with Gasteiger partial charge >= 0.3 is 0 Å². The lowest BCUT2D eigenvalue weighted by atomic mass is 10.0. The third-order valence-corrected chi connectivity index (χ3v) is 5.44. The summed E-state index contributed by atoms with van der Waals surface area (Å²) in [5.74, 6) is 0.153. The minimum atomic E-state index is -0.365. The molecule has 4 rings (SSSR count). The van der Waals surface area contributed by atoms with Gasteiger partial charge in [-0.3, -0.25) is 9.59 Å². The van der Waals surface area contributed by atoms with Crippen LogP contribution in [0.15, 0.2) is 72.8 Å². The second-order valence-electron chi connectivity index (χ2n) is 7.84. The van der Waals surface area contributed by atoms with Crippen LogP contribution in [0.2, 0.25) is 0 Å². The molecule has 3 aromatic carbocycles. The maximum atomic E-state index is 13.6. The first kappa shape index (κ1) is 22.8. The molecule has 0 unspecified atom stereocenters. The van der Waals surface area contributed by atoms with E-state index in [1.807, 2.05) is 54.6 Å². The highest BCUT2D eigenvalue weighted by atomic mass is 16.5. The van der Waals surface area contributed by atoms with Crippen molar-refractivity contribution in [3.8, 4) is 22.8 Å². The number of anilines is 1. The summed E-state index contributed by atoms with van der Waals surface area (Å²) in [5, 5.41) is 3.62. The van der Waals surface area contributed by atoms with Crippen LogP contribution in [0.4, 0.5) is 5.69 Å². The van der Waals surface area contributed by atoms with E-state index < -0.39 is 0 Å². The quantitative estimate of drug-likeness (QED) is 0.449. The Morgan fingerprint density at radius 1 is 0.824 bits per heavy atom. The summed E-state index contributed by atoms with van der Waals surface area (Å²) in [6.45, 7) is 0. The Labute approximate surface area is 197 Å². The van der Waals surface area contributed by atoms with Gasteiger partial charge in [0.2, 0.25) is 0 Å². The molecule has 4 aromatic rings. The van der Waals surface area contributed by atoms with Crippen molar-refractivity contribution >= 4 is 28.4 Å². The van der Waals surface area contributed by atoms with Gasteiger partial charge in [0.05, 0.1) is 42.2 Å². The van der Waals surface area contributed by atoms with E-state index in [0.717, 1.165) is 5.56 Å². The number of aromatic nitrogens is 1. The molecule has 0 aliphatic rings. The maximum absolute atomic E-state index is 13.6. The molecule has 1 N–H and O–H groups in total. The smallest absolute Gasteiger partial charge is 0.256 e. The summed E-state index contributed by atoms with van der Waals surface area (Å²) in [7, 11) is 6.29. The Morgan fingerprint density at radius 3 is 2.15 bits per heavy atom. The topological polar surface area (TPSA) is 80.8 Å². The fraction of sp³-hybridized carbons (Fsp3) is 0.148. The van der Waals surface area contributed by atoms with Gasteiger partial charge < -0.3 is 19.7 Å². The number of pyridine rings is 1. The summed E-state index contributed by atoms with van der Waals surface area (Å²) in [6, 6.07) is 22.1. The number of fused-ring (bicyclic) bond motifs is 1. The minimum absolute atomic E-state index is 0.277. The molecule has 0 radical (unpaired) electrons. The molecule has 0 saturated heterocycles. The van der Waals surface area contributed by atoms with Crippen molar-refractivity contribution in [1.82, 2.24) is 9.88 Å². The molecule has 0 atom stereocenters. The average Bonchev–Trinajstić information content (AvgIpc) is 2.87. The van der Waals surface area contributed by atoms with Crippen LogP contribution in [0, 0.1) is 0 Å². The molecule has 34 heavy (non-hydrogen) atoms. The van der Waals surface area contributed by atoms with Gasteiger partial charge in [-0.15, -0.1) is 0 Å². The summed E-state index contributed by atoms with van der Waals surface area (Å²) in [5.41, 5.74) is 3.34. The van der Waals surface area contributed by atoms with Gasteiger partial charge in [-0.05, 0) is 18.2 Å². The van der Waals surface area contributed by atoms with E-state index in [1.54, 1.807) is 32.3 Å². The lowest BCUT2D eigenvalue weighted by molar-refractivity contribution is 0.0828. The minimum Gasteiger partial charge on any atom is -0.493 e. The highest BCUT2D eigenvalue weighted by Crippen LogP contribution is 2.34. The lowest BCUT2D eigenvalue weighted by Gasteiger charge is -2.18. The Hall–Kier alpha value is -4.39.